The summed E-state index contributed by atoms with van der Waals surface area (Å²) in [6.07, 6.45) is 5.12. The zero-order valence-electron chi connectivity index (χ0n) is 12.8. The van der Waals surface area contributed by atoms with Crippen LogP contribution in [0.5, 0.6) is 5.75 Å². The minimum absolute atomic E-state index is 0.206. The van der Waals surface area contributed by atoms with Crippen molar-refractivity contribution in [2.24, 2.45) is 0 Å². The van der Waals surface area contributed by atoms with Gasteiger partial charge in [0.1, 0.15) is 0 Å². The predicted molar refractivity (Wildman–Crippen MR) is 96.1 cm³/mol. The average Bonchev–Trinajstić information content (AvgIpc) is 2.61. The lowest BCUT2D eigenvalue weighted by molar-refractivity contribution is 0.409. The Morgan fingerprint density at radius 1 is 1.00 bits per heavy atom. The average molecular weight is 371 g/mol. The third-order valence-corrected chi connectivity index (χ3v) is 5.49. The molecule has 0 heterocycles. The van der Waals surface area contributed by atoms with E-state index >= 15 is 0 Å². The maximum absolute atomic E-state index is 11.8. The Bertz CT molecular complexity index is 1100. The van der Waals surface area contributed by atoms with Crippen LogP contribution in [0.3, 0.4) is 0 Å². The smallest absolute Gasteiger partial charge is 0.229 e. The van der Waals surface area contributed by atoms with Gasteiger partial charge in [-0.05, 0) is 34.4 Å². The third kappa shape index (κ3) is 2.55. The van der Waals surface area contributed by atoms with E-state index in [1.54, 1.807) is 24.3 Å². The summed E-state index contributed by atoms with van der Waals surface area (Å²) in [4.78, 5) is 9.41. The van der Waals surface area contributed by atoms with Gasteiger partial charge >= 0.3 is 8.25 Å². The van der Waals surface area contributed by atoms with Crippen LogP contribution < -0.4 is 4.52 Å². The second-order valence-corrected chi connectivity index (χ2v) is 7.24. The molecular weight excluding hydrogens is 359 g/mol. The molecule has 0 saturated carbocycles. The maximum atomic E-state index is 11.8. The van der Waals surface area contributed by atoms with E-state index in [2.05, 4.69) is 0 Å². The van der Waals surface area contributed by atoms with Crippen LogP contribution in [0.4, 0.5) is 0 Å². The molecule has 0 fully saturated rings. The van der Waals surface area contributed by atoms with Gasteiger partial charge < -0.3 is 0 Å². The van der Waals surface area contributed by atoms with Crippen molar-refractivity contribution in [1.29, 1.82) is 0 Å². The Labute approximate surface area is 146 Å². The number of allylic oxidation sites excluding steroid dienone is 4. The molecule has 2 unspecified atom stereocenters. The van der Waals surface area contributed by atoms with Gasteiger partial charge in [-0.1, -0.05) is 48.6 Å². The van der Waals surface area contributed by atoms with E-state index in [1.165, 1.54) is 0 Å². The zero-order chi connectivity index (χ0) is 17.6. The van der Waals surface area contributed by atoms with Gasteiger partial charge in [0.2, 0.25) is 10.3 Å². The largest absolute Gasteiger partial charge is 0.747 e. The Morgan fingerprint density at radius 2 is 1.72 bits per heavy atom. The van der Waals surface area contributed by atoms with E-state index in [9.17, 15) is 17.9 Å². The van der Waals surface area contributed by atoms with Gasteiger partial charge in [0, 0.05) is 10.1 Å². The molecule has 2 aromatic rings. The monoisotopic (exact) mass is 371 g/mol. The summed E-state index contributed by atoms with van der Waals surface area (Å²) in [6.45, 7) is 0. The second-order valence-electron chi connectivity index (χ2n) is 5.64. The van der Waals surface area contributed by atoms with E-state index in [-0.39, 0.29) is 10.6 Å². The molecule has 0 aromatic heterocycles. The van der Waals surface area contributed by atoms with Crippen molar-refractivity contribution in [1.82, 2.24) is 0 Å². The summed E-state index contributed by atoms with van der Waals surface area (Å²) in [6, 6.07) is 12.9. The molecular formula is C18H12O5PS+. The number of hydrogen-bond acceptors (Lipinski definition) is 4. The lowest BCUT2D eigenvalue weighted by atomic mass is 9.72. The predicted octanol–water partition coefficient (Wildman–Crippen LogP) is 3.48. The van der Waals surface area contributed by atoms with Crippen molar-refractivity contribution in [3.05, 3.63) is 71.8 Å². The molecule has 0 spiro atoms. The Morgan fingerprint density at radius 3 is 2.44 bits per heavy atom. The van der Waals surface area contributed by atoms with Crippen LogP contribution in [-0.4, -0.2) is 18.2 Å². The van der Waals surface area contributed by atoms with Gasteiger partial charge in [-0.25, -0.2) is 4.52 Å². The SMILES string of the molecule is O=[P+](O)Oc1cccc2c1C1C(=CC=CC1=S(=O)=O)c1ccccc1-2. The van der Waals surface area contributed by atoms with E-state index in [1.807, 2.05) is 36.4 Å². The number of rotatable bonds is 2. The number of hydrogen-bond donors (Lipinski definition) is 1. The molecule has 0 bridgehead atoms. The van der Waals surface area contributed by atoms with Crippen LogP contribution in [0, 0.1) is 0 Å². The van der Waals surface area contributed by atoms with Gasteiger partial charge in [-0.3, -0.25) is 0 Å². The number of benzene rings is 2. The first kappa shape index (κ1) is 16.0. The fraction of sp³-hybridized carbons (Fsp3) is 0.0556. The highest BCUT2D eigenvalue weighted by Gasteiger charge is 2.37. The van der Waals surface area contributed by atoms with Gasteiger partial charge in [0.15, 0.2) is 5.75 Å². The molecule has 5 nitrogen and oxygen atoms in total. The standard InChI is InChI=1S/C18H11O5PS/c19-24(20)23-15-9-3-7-13-11-5-1-2-6-12(11)14-8-4-10-16(25(21)22)18(14)17(13)15/h1-10,18H/p+1. The molecule has 7 heteroatoms. The molecule has 0 aliphatic heterocycles. The molecule has 1 N–H and O–H groups in total. The van der Waals surface area contributed by atoms with Crippen molar-refractivity contribution in [2.75, 3.05) is 0 Å². The molecule has 2 aliphatic carbocycles. The minimum Gasteiger partial charge on any atom is -0.229 e. The van der Waals surface area contributed by atoms with Crippen LogP contribution >= 0.6 is 8.25 Å². The Hall–Kier alpha value is -2.53. The zero-order valence-corrected chi connectivity index (χ0v) is 14.5. The summed E-state index contributed by atoms with van der Waals surface area (Å²) in [5.41, 5.74) is 4.09. The van der Waals surface area contributed by atoms with Crippen molar-refractivity contribution in [2.45, 2.75) is 5.92 Å². The molecule has 0 radical (unpaired) electrons. The highest BCUT2D eigenvalue weighted by Crippen LogP contribution is 2.52. The summed E-state index contributed by atoms with van der Waals surface area (Å²) in [5, 5.41) is 0. The molecule has 0 saturated heterocycles. The molecule has 25 heavy (non-hydrogen) atoms. The van der Waals surface area contributed by atoms with Crippen LogP contribution in [0.15, 0.2) is 60.7 Å². The van der Waals surface area contributed by atoms with Crippen molar-refractivity contribution >= 4 is 29.0 Å². The lowest BCUT2D eigenvalue weighted by Gasteiger charge is -2.31. The second kappa shape index (κ2) is 6.08. The normalized spacial score (nSPS) is 17.8. The third-order valence-electron chi connectivity index (χ3n) is 4.38. The first-order valence-corrected chi connectivity index (χ1v) is 9.69. The number of fused-ring (bicyclic) bond motifs is 6. The van der Waals surface area contributed by atoms with Gasteiger partial charge in [-0.2, -0.15) is 8.42 Å². The Balaban J connectivity index is 2.12. The molecule has 0 amide bonds. The molecule has 124 valence electrons. The molecule has 2 aliphatic rings. The van der Waals surface area contributed by atoms with E-state index in [4.69, 9.17) is 4.52 Å². The maximum Gasteiger partial charge on any atom is 0.747 e. The molecule has 4 rings (SSSR count). The summed E-state index contributed by atoms with van der Waals surface area (Å²) in [7, 11) is -5.29. The fourth-order valence-electron chi connectivity index (χ4n) is 3.50. The summed E-state index contributed by atoms with van der Waals surface area (Å²) in [5.74, 6) is -0.357. The minimum atomic E-state index is -2.86. The van der Waals surface area contributed by atoms with Gasteiger partial charge in [0.05, 0.1) is 10.8 Å². The van der Waals surface area contributed by atoms with Gasteiger partial charge in [0.25, 0.3) is 0 Å². The summed E-state index contributed by atoms with van der Waals surface area (Å²) < 4.78 is 40.0. The van der Waals surface area contributed by atoms with Crippen molar-refractivity contribution < 1.29 is 22.4 Å². The summed E-state index contributed by atoms with van der Waals surface area (Å²) >= 11 is 0. The van der Waals surface area contributed by atoms with Crippen molar-refractivity contribution in [3.8, 4) is 16.9 Å². The van der Waals surface area contributed by atoms with Crippen LogP contribution in [0.25, 0.3) is 16.7 Å². The van der Waals surface area contributed by atoms with Gasteiger partial charge in [-0.15, -0.1) is 4.89 Å². The molecule has 2 aromatic carbocycles. The van der Waals surface area contributed by atoms with Crippen LogP contribution in [0.2, 0.25) is 0 Å². The quantitative estimate of drug-likeness (QED) is 0.646. The molecule has 2 atom stereocenters. The van der Waals surface area contributed by atoms with Crippen LogP contribution in [-0.2, 0) is 14.9 Å². The fourth-order valence-corrected chi connectivity index (χ4v) is 4.45. The van der Waals surface area contributed by atoms with E-state index in [0.717, 1.165) is 22.3 Å². The Kier molecular flexibility index (Phi) is 3.88. The van der Waals surface area contributed by atoms with Crippen LogP contribution in [0.1, 0.15) is 17.0 Å². The highest BCUT2D eigenvalue weighted by molar-refractivity contribution is 7.73. The van der Waals surface area contributed by atoms with E-state index in [0.29, 0.717) is 5.56 Å². The topological polar surface area (TPSA) is 80.7 Å². The first-order chi connectivity index (χ1) is 12.1. The van der Waals surface area contributed by atoms with Crippen molar-refractivity contribution in [3.63, 3.8) is 0 Å². The van der Waals surface area contributed by atoms with E-state index < -0.39 is 24.5 Å². The lowest BCUT2D eigenvalue weighted by Crippen LogP contribution is -2.21. The first-order valence-electron chi connectivity index (χ1n) is 7.49. The highest BCUT2D eigenvalue weighted by atomic mass is 32.2.